The third-order valence-corrected chi connectivity index (χ3v) is 17.3. The summed E-state index contributed by atoms with van der Waals surface area (Å²) in [6, 6.07) is 0. The summed E-state index contributed by atoms with van der Waals surface area (Å²) < 4.78 is 24.3. The second-order valence-corrected chi connectivity index (χ2v) is 20.5. The van der Waals surface area contributed by atoms with Crippen molar-refractivity contribution < 1.29 is 69.4 Å². The average Bonchev–Trinajstić information content (AvgIpc) is 3.13. The second kappa shape index (κ2) is 14.3. The first kappa shape index (κ1) is 42.6. The normalized spacial score (nSPS) is 54.2. The van der Waals surface area contributed by atoms with Crippen molar-refractivity contribution in [3.8, 4) is 0 Å². The van der Waals surface area contributed by atoms with Gasteiger partial charge in [-0.2, -0.15) is 0 Å². The van der Waals surface area contributed by atoms with Crippen LogP contribution in [0.3, 0.4) is 0 Å². The van der Waals surface area contributed by atoms with Crippen LogP contribution in [0.4, 0.5) is 0 Å². The molecule has 318 valence electrons. The Morgan fingerprint density at radius 3 is 1.98 bits per heavy atom. The molecule has 7 aliphatic rings. The van der Waals surface area contributed by atoms with Crippen LogP contribution < -0.4 is 0 Å². The number of hydrogen-bond donors (Lipinski definition) is 8. The van der Waals surface area contributed by atoms with E-state index < -0.39 is 103 Å². The van der Waals surface area contributed by atoms with Crippen LogP contribution in [-0.4, -0.2) is 133 Å². The number of rotatable bonds is 7. The van der Waals surface area contributed by atoms with Gasteiger partial charge < -0.3 is 59.8 Å². The van der Waals surface area contributed by atoms with Crippen molar-refractivity contribution in [3.05, 3.63) is 11.6 Å². The van der Waals surface area contributed by atoms with Crippen LogP contribution in [0.25, 0.3) is 0 Å². The number of hydrogen-bond acceptors (Lipinski definition) is 13. The molecule has 0 radical (unpaired) electrons. The predicted molar refractivity (Wildman–Crippen MR) is 198 cm³/mol. The quantitative estimate of drug-likeness (QED) is 0.173. The monoisotopic (exact) mass is 794 g/mol. The number of aliphatic hydroxyl groups excluding tert-OH is 7. The highest BCUT2D eigenvalue weighted by molar-refractivity contribution is 5.95. The summed E-state index contributed by atoms with van der Waals surface area (Å²) in [7, 11) is 0. The van der Waals surface area contributed by atoms with Crippen LogP contribution in [0, 0.1) is 50.2 Å². The number of ketones is 1. The molecule has 5 aliphatic carbocycles. The van der Waals surface area contributed by atoms with Crippen molar-refractivity contribution >= 4 is 11.8 Å². The first-order valence-electron chi connectivity index (χ1n) is 20.8. The van der Waals surface area contributed by atoms with E-state index in [9.17, 15) is 50.4 Å². The molecule has 14 heteroatoms. The highest BCUT2D eigenvalue weighted by atomic mass is 16.8. The zero-order valence-corrected chi connectivity index (χ0v) is 34.0. The van der Waals surface area contributed by atoms with Crippen molar-refractivity contribution in [2.24, 2.45) is 50.2 Å². The van der Waals surface area contributed by atoms with Crippen molar-refractivity contribution in [3.63, 3.8) is 0 Å². The van der Waals surface area contributed by atoms with E-state index >= 15 is 0 Å². The second-order valence-electron chi connectivity index (χ2n) is 20.5. The van der Waals surface area contributed by atoms with E-state index in [0.717, 1.165) is 37.7 Å². The van der Waals surface area contributed by atoms with Crippen LogP contribution >= 0.6 is 0 Å². The first-order valence-corrected chi connectivity index (χ1v) is 20.8. The Kier molecular flexibility index (Phi) is 10.9. The van der Waals surface area contributed by atoms with Crippen molar-refractivity contribution in [1.29, 1.82) is 0 Å². The van der Waals surface area contributed by atoms with E-state index in [2.05, 4.69) is 41.5 Å². The highest BCUT2D eigenvalue weighted by Crippen LogP contribution is 2.75. The zero-order chi connectivity index (χ0) is 41.1. The number of carbonyl (C=O) groups is 2. The van der Waals surface area contributed by atoms with Gasteiger partial charge in [-0.05, 0) is 110 Å². The lowest BCUT2D eigenvalue weighted by molar-refractivity contribution is -0.378. The number of ether oxygens (including phenoxy) is 4. The van der Waals surface area contributed by atoms with E-state index in [1.165, 1.54) is 0 Å². The van der Waals surface area contributed by atoms with Gasteiger partial charge in [0.25, 0.3) is 0 Å². The van der Waals surface area contributed by atoms with Crippen LogP contribution in [-0.2, 0) is 28.5 Å². The number of carbonyl (C=O) groups excluding carboxylic acids is 1. The molecule has 4 saturated carbocycles. The minimum absolute atomic E-state index is 0.0192. The standard InChI is InChI=1S/C42H66O14/c1-37(2)25-8-11-42(7)33(22(45)16-20-21-17-39(4,36(51)52)13-12-38(21,3)14-15-41(20,42)6)40(25,5)10-9-26(37)55-35-32(30(49)28(47)24(19-44)54-35)56-34-31(50)29(48)27(46)23(18-43)53-34/h16,21,23-35,43-44,46-50H,8-15,17-19H2,1-7H3,(H,51,52)/t21-,23+,24+,25-,26?,27+,28+,29-,30-,31+,32+,33+,34-,35-,38+,39-,40-,41+,42+/m0/s1. The maximum Gasteiger partial charge on any atom is 0.309 e. The van der Waals surface area contributed by atoms with Gasteiger partial charge in [-0.15, -0.1) is 0 Å². The smallest absolute Gasteiger partial charge is 0.309 e. The Hall–Kier alpha value is -1.56. The number of carboxylic acid groups (broad SMARTS) is 1. The summed E-state index contributed by atoms with van der Waals surface area (Å²) in [6.07, 6.45) is -7.28. The van der Waals surface area contributed by atoms with Gasteiger partial charge in [0.15, 0.2) is 18.4 Å². The summed E-state index contributed by atoms with van der Waals surface area (Å²) in [5, 5.41) is 83.6. The van der Waals surface area contributed by atoms with Gasteiger partial charge in [-0.3, -0.25) is 9.59 Å². The number of aliphatic carboxylic acids is 1. The number of fused-ring (bicyclic) bond motifs is 7. The Morgan fingerprint density at radius 2 is 1.36 bits per heavy atom. The lowest BCUT2D eigenvalue weighted by Crippen LogP contribution is -2.68. The number of aliphatic hydroxyl groups is 7. The summed E-state index contributed by atoms with van der Waals surface area (Å²) in [5.74, 6) is -0.873. The minimum Gasteiger partial charge on any atom is -0.481 e. The molecule has 0 aromatic carbocycles. The molecule has 2 aliphatic heterocycles. The van der Waals surface area contributed by atoms with E-state index in [-0.39, 0.29) is 39.8 Å². The van der Waals surface area contributed by atoms with E-state index in [1.54, 1.807) is 0 Å². The van der Waals surface area contributed by atoms with Crippen molar-refractivity contribution in [1.82, 2.24) is 0 Å². The van der Waals surface area contributed by atoms with Crippen molar-refractivity contribution in [2.45, 2.75) is 174 Å². The molecule has 14 nitrogen and oxygen atoms in total. The summed E-state index contributed by atoms with van der Waals surface area (Å²) in [6.45, 7) is 13.9. The largest absolute Gasteiger partial charge is 0.481 e. The fourth-order valence-corrected chi connectivity index (χ4v) is 13.4. The molecular weight excluding hydrogens is 728 g/mol. The topological polar surface area (TPSA) is 233 Å². The maximum atomic E-state index is 14.8. The Bertz CT molecular complexity index is 1570. The minimum atomic E-state index is -1.78. The molecule has 8 N–H and O–H groups in total. The van der Waals surface area contributed by atoms with Gasteiger partial charge >= 0.3 is 5.97 Å². The molecule has 2 heterocycles. The van der Waals surface area contributed by atoms with Gasteiger partial charge in [0.05, 0.1) is 24.7 Å². The van der Waals surface area contributed by atoms with Crippen molar-refractivity contribution in [2.75, 3.05) is 13.2 Å². The third-order valence-electron chi connectivity index (χ3n) is 17.3. The van der Waals surface area contributed by atoms with Crippen LogP contribution in [0.15, 0.2) is 11.6 Å². The summed E-state index contributed by atoms with van der Waals surface area (Å²) in [5.41, 5.74) is -1.32. The van der Waals surface area contributed by atoms with Crippen LogP contribution in [0.1, 0.15) is 106 Å². The molecule has 7 rings (SSSR count). The molecule has 1 unspecified atom stereocenters. The lowest BCUT2D eigenvalue weighted by Gasteiger charge is -2.70. The first-order chi connectivity index (χ1) is 26.0. The van der Waals surface area contributed by atoms with E-state index in [0.29, 0.717) is 25.7 Å². The molecule has 2 saturated heterocycles. The molecule has 19 atom stereocenters. The van der Waals surface area contributed by atoms with Gasteiger partial charge in [0.1, 0.15) is 48.8 Å². The fraction of sp³-hybridized carbons (Fsp3) is 0.905. The molecule has 6 fully saturated rings. The molecular formula is C42H66O14. The van der Waals surface area contributed by atoms with Gasteiger partial charge in [0, 0.05) is 5.92 Å². The lowest BCUT2D eigenvalue weighted by atomic mass is 9.33. The molecule has 0 spiro atoms. The Morgan fingerprint density at radius 1 is 0.750 bits per heavy atom. The van der Waals surface area contributed by atoms with Crippen LogP contribution in [0.2, 0.25) is 0 Å². The van der Waals surface area contributed by atoms with Gasteiger partial charge in [0.2, 0.25) is 0 Å². The molecule has 0 bridgehead atoms. The molecule has 0 amide bonds. The average molecular weight is 795 g/mol. The Labute approximate surface area is 329 Å². The number of allylic oxidation sites excluding steroid dienone is 2. The maximum absolute atomic E-state index is 14.8. The predicted octanol–water partition coefficient (Wildman–Crippen LogP) is 2.06. The van der Waals surface area contributed by atoms with E-state index in [1.807, 2.05) is 13.0 Å². The van der Waals surface area contributed by atoms with Gasteiger partial charge in [-0.1, -0.05) is 47.1 Å². The Balaban J connectivity index is 1.16. The molecule has 56 heavy (non-hydrogen) atoms. The summed E-state index contributed by atoms with van der Waals surface area (Å²) >= 11 is 0. The SMILES string of the molecule is CC1(C)C(O[C@@H]2O[C@H](CO)[C@@H](O)[C@H](O)[C@H]2O[C@@H]2O[C@H](CO)[C@@H](O)[C@H](O)[C@H]2O)CC[C@]2(C)[C@H]3C(=O)C=C4[C@@H]5C[C@@](C)(C(=O)O)CC[C@]5(C)CC[C@@]4(C)[C@]3(C)CC[C@@H]12. The highest BCUT2D eigenvalue weighted by Gasteiger charge is 2.70. The summed E-state index contributed by atoms with van der Waals surface area (Å²) in [4.78, 5) is 27.3. The van der Waals surface area contributed by atoms with E-state index in [4.69, 9.17) is 18.9 Å². The number of carboxylic acids is 1. The van der Waals surface area contributed by atoms with Crippen LogP contribution in [0.5, 0.6) is 0 Å². The molecule has 0 aromatic rings. The zero-order valence-electron chi connectivity index (χ0n) is 34.0. The van der Waals surface area contributed by atoms with Gasteiger partial charge in [-0.25, -0.2) is 0 Å². The molecule has 0 aromatic heterocycles. The fourth-order valence-electron chi connectivity index (χ4n) is 13.4. The third kappa shape index (κ3) is 6.13.